The summed E-state index contributed by atoms with van der Waals surface area (Å²) in [6.07, 6.45) is -2.89. The number of halogens is 2. The molecule has 5 heteroatoms. The monoisotopic (exact) mass is 378 g/mol. The normalized spacial score (nSPS) is 11.4. The number of rotatable bonds is 4. The smallest absolute Gasteiger partial charge is 0.199 e. The van der Waals surface area contributed by atoms with Crippen molar-refractivity contribution in [1.82, 2.24) is 0 Å². The van der Waals surface area contributed by atoms with E-state index in [4.69, 9.17) is 23.2 Å². The Kier molecular flexibility index (Phi) is 5.18. The summed E-state index contributed by atoms with van der Waals surface area (Å²) in [5.41, 5.74) is 0. The van der Waals surface area contributed by atoms with Gasteiger partial charge in [0.1, 0.15) is 0 Å². The molecule has 0 heterocycles. The van der Waals surface area contributed by atoms with Crippen molar-refractivity contribution in [3.63, 3.8) is 0 Å². The lowest BCUT2D eigenvalue weighted by molar-refractivity contribution is 0.595. The first kappa shape index (κ1) is 16.7. The van der Waals surface area contributed by atoms with Crippen LogP contribution in [0.15, 0.2) is 83.8 Å². The first-order valence-electron chi connectivity index (χ1n) is 6.95. The highest BCUT2D eigenvalue weighted by Gasteiger charge is 2.28. The first-order chi connectivity index (χ1) is 11.1. The Morgan fingerprint density at radius 2 is 1.09 bits per heavy atom. The molecule has 1 nitrogen and oxygen atoms in total. The first-order valence-corrected chi connectivity index (χ1v) is 10.8. The molecule has 0 unspecified atom stereocenters. The van der Waals surface area contributed by atoms with Gasteiger partial charge < -0.3 is 4.57 Å². The summed E-state index contributed by atoms with van der Waals surface area (Å²) >= 11 is 13.3. The zero-order valence-corrected chi connectivity index (χ0v) is 15.2. The van der Waals surface area contributed by atoms with Crippen LogP contribution in [0.25, 0.3) is 0 Å². The zero-order valence-electron chi connectivity index (χ0n) is 12.0. The van der Waals surface area contributed by atoms with Crippen LogP contribution in [0.1, 0.15) is 0 Å². The van der Waals surface area contributed by atoms with Crippen LogP contribution in [0.3, 0.4) is 0 Å². The van der Waals surface area contributed by atoms with Gasteiger partial charge in [0.25, 0.3) is 0 Å². The third-order valence-corrected chi connectivity index (χ3v) is 9.18. The molecule has 0 aliphatic heterocycles. The van der Waals surface area contributed by atoms with Crippen molar-refractivity contribution in [2.75, 3.05) is 0 Å². The van der Waals surface area contributed by atoms with Crippen LogP contribution >= 0.6 is 40.9 Å². The summed E-state index contributed by atoms with van der Waals surface area (Å²) in [5.74, 6) is 0. The number of hydrogen-bond donors (Lipinski definition) is 0. The van der Waals surface area contributed by atoms with Crippen molar-refractivity contribution in [3.05, 3.63) is 88.9 Å². The van der Waals surface area contributed by atoms with Crippen LogP contribution in [-0.4, -0.2) is 0 Å². The van der Waals surface area contributed by atoms with Crippen LogP contribution in [0.2, 0.25) is 10.0 Å². The van der Waals surface area contributed by atoms with Crippen molar-refractivity contribution < 1.29 is 4.57 Å². The Hall–Kier alpha value is -1.18. The fourth-order valence-electron chi connectivity index (χ4n) is 2.16. The van der Waals surface area contributed by atoms with E-state index in [-0.39, 0.29) is 0 Å². The van der Waals surface area contributed by atoms with Gasteiger partial charge in [-0.3, -0.25) is 0 Å². The SMILES string of the molecule is O=P(Sc1ccccc1)(c1ccc(Cl)cc1)c1ccc(Cl)cc1. The Balaban J connectivity index is 2.10. The molecule has 3 rings (SSSR count). The summed E-state index contributed by atoms with van der Waals surface area (Å²) in [6.45, 7) is 0. The van der Waals surface area contributed by atoms with Crippen molar-refractivity contribution in [3.8, 4) is 0 Å². The van der Waals surface area contributed by atoms with Gasteiger partial charge in [-0.25, -0.2) is 0 Å². The Labute approximate surface area is 149 Å². The molecule has 0 bridgehead atoms. The lowest BCUT2D eigenvalue weighted by Crippen LogP contribution is -2.13. The summed E-state index contributed by atoms with van der Waals surface area (Å²) < 4.78 is 13.9. The van der Waals surface area contributed by atoms with E-state index >= 15 is 0 Å². The van der Waals surface area contributed by atoms with Gasteiger partial charge in [-0.1, -0.05) is 52.8 Å². The Morgan fingerprint density at radius 3 is 1.52 bits per heavy atom. The molecule has 0 aliphatic carbocycles. The highest BCUT2D eigenvalue weighted by molar-refractivity contribution is 8.62. The van der Waals surface area contributed by atoms with Crippen molar-refractivity contribution in [1.29, 1.82) is 0 Å². The molecule has 0 amide bonds. The molecule has 3 aromatic rings. The summed E-state index contributed by atoms with van der Waals surface area (Å²) in [7, 11) is 0. The van der Waals surface area contributed by atoms with E-state index in [1.807, 2.05) is 54.6 Å². The van der Waals surface area contributed by atoms with E-state index in [0.717, 1.165) is 15.5 Å². The quantitative estimate of drug-likeness (QED) is 0.516. The molecular formula is C18H13Cl2OPS. The molecule has 23 heavy (non-hydrogen) atoms. The van der Waals surface area contributed by atoms with Gasteiger partial charge >= 0.3 is 0 Å². The van der Waals surface area contributed by atoms with Crippen LogP contribution in [0.5, 0.6) is 0 Å². The summed E-state index contributed by atoms with van der Waals surface area (Å²) in [5, 5.41) is 2.78. The average Bonchev–Trinajstić information content (AvgIpc) is 2.57. The number of benzene rings is 3. The summed E-state index contributed by atoms with van der Waals surface area (Å²) in [6, 6.07) is 24.1. The van der Waals surface area contributed by atoms with Crippen molar-refractivity contribution in [2.45, 2.75) is 4.90 Å². The molecule has 0 saturated heterocycles. The van der Waals surface area contributed by atoms with Crippen LogP contribution in [-0.2, 0) is 4.57 Å². The lowest BCUT2D eigenvalue weighted by Gasteiger charge is -2.19. The van der Waals surface area contributed by atoms with E-state index in [1.165, 1.54) is 11.4 Å². The maximum absolute atomic E-state index is 13.9. The largest absolute Gasteiger partial charge is 0.302 e. The van der Waals surface area contributed by atoms with E-state index in [9.17, 15) is 4.57 Å². The average molecular weight is 379 g/mol. The topological polar surface area (TPSA) is 17.1 Å². The van der Waals surface area contributed by atoms with E-state index in [2.05, 4.69) is 0 Å². The van der Waals surface area contributed by atoms with E-state index < -0.39 is 6.34 Å². The molecule has 0 N–H and O–H groups in total. The number of hydrogen-bond acceptors (Lipinski definition) is 2. The van der Waals surface area contributed by atoms with Crippen LogP contribution in [0, 0.1) is 0 Å². The van der Waals surface area contributed by atoms with Gasteiger partial charge in [0.15, 0.2) is 6.34 Å². The Morgan fingerprint density at radius 1 is 0.652 bits per heavy atom. The predicted molar refractivity (Wildman–Crippen MR) is 102 cm³/mol. The molecule has 0 aliphatic rings. The van der Waals surface area contributed by atoms with Gasteiger partial charge in [-0.05, 0) is 60.7 Å². The third-order valence-electron chi connectivity index (χ3n) is 3.31. The minimum Gasteiger partial charge on any atom is -0.302 e. The molecule has 0 saturated carbocycles. The fourth-order valence-corrected chi connectivity index (χ4v) is 7.20. The second kappa shape index (κ2) is 7.15. The molecular weight excluding hydrogens is 366 g/mol. The second-order valence-corrected chi connectivity index (χ2v) is 10.7. The van der Waals surface area contributed by atoms with Crippen LogP contribution < -0.4 is 10.6 Å². The van der Waals surface area contributed by atoms with E-state index in [0.29, 0.717) is 10.0 Å². The molecule has 116 valence electrons. The molecule has 0 atom stereocenters. The maximum atomic E-state index is 13.9. The minimum atomic E-state index is -2.89. The van der Waals surface area contributed by atoms with Crippen LogP contribution in [0.4, 0.5) is 0 Å². The molecule has 0 fully saturated rings. The molecule has 0 radical (unpaired) electrons. The Bertz CT molecular complexity index is 784. The third kappa shape index (κ3) is 3.84. The van der Waals surface area contributed by atoms with E-state index in [1.54, 1.807) is 24.3 Å². The highest BCUT2D eigenvalue weighted by Crippen LogP contribution is 2.59. The van der Waals surface area contributed by atoms with Crippen molar-refractivity contribution >= 4 is 51.5 Å². The highest BCUT2D eigenvalue weighted by atomic mass is 35.5. The minimum absolute atomic E-state index is 0.626. The van der Waals surface area contributed by atoms with Gasteiger partial charge in [0, 0.05) is 25.5 Å². The molecule has 3 aromatic carbocycles. The van der Waals surface area contributed by atoms with Gasteiger partial charge in [0.05, 0.1) is 0 Å². The zero-order chi connectivity index (χ0) is 16.3. The fraction of sp³-hybridized carbons (Fsp3) is 0. The van der Waals surface area contributed by atoms with Gasteiger partial charge in [-0.15, -0.1) is 0 Å². The lowest BCUT2D eigenvalue weighted by atomic mass is 10.4. The van der Waals surface area contributed by atoms with Gasteiger partial charge in [-0.2, -0.15) is 0 Å². The summed E-state index contributed by atoms with van der Waals surface area (Å²) in [4.78, 5) is 0.959. The second-order valence-electron chi connectivity index (χ2n) is 4.91. The van der Waals surface area contributed by atoms with Crippen molar-refractivity contribution in [2.24, 2.45) is 0 Å². The standard InChI is InChI=1S/C18H13Cl2OPS/c19-14-6-10-16(11-7-14)22(21,17-12-8-15(20)9-13-17)23-18-4-2-1-3-5-18/h1-13H. The van der Waals surface area contributed by atoms with Gasteiger partial charge in [0.2, 0.25) is 0 Å². The predicted octanol–water partition coefficient (Wildman–Crippen LogP) is 6.01. The molecule has 0 aromatic heterocycles. The maximum Gasteiger partial charge on any atom is 0.199 e. The molecule has 0 spiro atoms.